The molecule has 2 aromatic heterocycles. The summed E-state index contributed by atoms with van der Waals surface area (Å²) in [6.45, 7) is 0.841. The lowest BCUT2D eigenvalue weighted by molar-refractivity contribution is 0.394. The summed E-state index contributed by atoms with van der Waals surface area (Å²) in [6.07, 6.45) is 7.71. The van der Waals surface area contributed by atoms with Crippen molar-refractivity contribution >= 4 is 36.6 Å². The van der Waals surface area contributed by atoms with Crippen LogP contribution < -0.4 is 9.47 Å². The van der Waals surface area contributed by atoms with Crippen molar-refractivity contribution in [2.24, 2.45) is 4.99 Å². The van der Waals surface area contributed by atoms with Crippen molar-refractivity contribution in [1.82, 2.24) is 4.98 Å². The molecule has 4 rings (SSSR count). The lowest BCUT2D eigenvalue weighted by Crippen LogP contribution is -2.11. The SMILES string of the molecule is COc1ccc(-c2ccc(C=C3CCCN=C3c3cccnc3)o2)c(OC)c1.Cl.Cl. The highest BCUT2D eigenvalue weighted by Gasteiger charge is 2.16. The number of hydrogen-bond acceptors (Lipinski definition) is 5. The lowest BCUT2D eigenvalue weighted by atomic mass is 9.96. The van der Waals surface area contributed by atoms with E-state index in [4.69, 9.17) is 18.9 Å². The molecule has 0 unspecified atom stereocenters. The molecule has 1 aliphatic heterocycles. The van der Waals surface area contributed by atoms with Gasteiger partial charge in [-0.25, -0.2) is 0 Å². The summed E-state index contributed by atoms with van der Waals surface area (Å²) in [5.41, 5.74) is 4.09. The van der Waals surface area contributed by atoms with Crippen LogP contribution in [0.2, 0.25) is 0 Å². The van der Waals surface area contributed by atoms with Crippen LogP contribution >= 0.6 is 24.8 Å². The molecule has 7 heteroatoms. The van der Waals surface area contributed by atoms with Crippen molar-refractivity contribution in [3.63, 3.8) is 0 Å². The summed E-state index contributed by atoms with van der Waals surface area (Å²) in [5, 5.41) is 0. The van der Waals surface area contributed by atoms with Crippen LogP contribution in [0.5, 0.6) is 11.5 Å². The van der Waals surface area contributed by atoms with Crippen molar-refractivity contribution in [3.8, 4) is 22.8 Å². The zero-order chi connectivity index (χ0) is 19.3. The number of hydrogen-bond donors (Lipinski definition) is 0. The summed E-state index contributed by atoms with van der Waals surface area (Å²) < 4.78 is 16.9. The second-order valence-electron chi connectivity index (χ2n) is 6.51. The topological polar surface area (TPSA) is 56.9 Å². The molecule has 5 nitrogen and oxygen atoms in total. The number of furan rings is 1. The normalized spacial score (nSPS) is 14.3. The highest BCUT2D eigenvalue weighted by atomic mass is 35.5. The molecule has 0 fully saturated rings. The lowest BCUT2D eigenvalue weighted by Gasteiger charge is -2.15. The Bertz CT molecular complexity index is 1030. The van der Waals surface area contributed by atoms with Crippen LogP contribution in [0, 0.1) is 0 Å². The molecule has 0 N–H and O–H groups in total. The molecule has 0 radical (unpaired) electrons. The number of halogens is 2. The van der Waals surface area contributed by atoms with E-state index in [1.165, 1.54) is 5.57 Å². The number of methoxy groups -OCH3 is 2. The van der Waals surface area contributed by atoms with E-state index < -0.39 is 0 Å². The van der Waals surface area contributed by atoms with E-state index in [2.05, 4.69) is 11.1 Å². The molecule has 1 aromatic carbocycles. The first-order valence-electron chi connectivity index (χ1n) is 9.26. The molecule has 158 valence electrons. The maximum absolute atomic E-state index is 6.10. The predicted molar refractivity (Wildman–Crippen MR) is 125 cm³/mol. The average molecular weight is 447 g/mol. The van der Waals surface area contributed by atoms with Gasteiger partial charge in [0.15, 0.2) is 0 Å². The Labute approximate surface area is 188 Å². The third-order valence-corrected chi connectivity index (χ3v) is 4.73. The van der Waals surface area contributed by atoms with Crippen LogP contribution in [0.3, 0.4) is 0 Å². The minimum Gasteiger partial charge on any atom is -0.497 e. The number of allylic oxidation sites excluding steroid dienone is 1. The van der Waals surface area contributed by atoms with Gasteiger partial charge in [0, 0.05) is 30.6 Å². The maximum Gasteiger partial charge on any atom is 0.138 e. The van der Waals surface area contributed by atoms with Gasteiger partial charge in [-0.2, -0.15) is 0 Å². The fourth-order valence-corrected chi connectivity index (χ4v) is 3.35. The van der Waals surface area contributed by atoms with Gasteiger partial charge in [-0.05, 0) is 60.9 Å². The van der Waals surface area contributed by atoms with Crippen molar-refractivity contribution in [2.45, 2.75) is 12.8 Å². The van der Waals surface area contributed by atoms with E-state index >= 15 is 0 Å². The Morgan fingerprint density at radius 3 is 2.63 bits per heavy atom. The van der Waals surface area contributed by atoms with E-state index in [-0.39, 0.29) is 24.8 Å². The van der Waals surface area contributed by atoms with Crippen LogP contribution in [-0.4, -0.2) is 31.5 Å². The molecule has 0 spiro atoms. The minimum absolute atomic E-state index is 0. The van der Waals surface area contributed by atoms with Crippen LogP contribution in [0.25, 0.3) is 17.4 Å². The van der Waals surface area contributed by atoms with Crippen molar-refractivity contribution in [3.05, 3.63) is 71.8 Å². The van der Waals surface area contributed by atoms with Crippen LogP contribution in [0.1, 0.15) is 24.2 Å². The van der Waals surface area contributed by atoms with Gasteiger partial charge in [-0.1, -0.05) is 0 Å². The Kier molecular flexibility index (Phi) is 8.51. The van der Waals surface area contributed by atoms with Crippen LogP contribution in [-0.2, 0) is 0 Å². The highest BCUT2D eigenvalue weighted by molar-refractivity contribution is 6.15. The fraction of sp³-hybridized carbons (Fsp3) is 0.217. The van der Waals surface area contributed by atoms with E-state index in [1.54, 1.807) is 20.4 Å². The van der Waals surface area contributed by atoms with Gasteiger partial charge in [0.25, 0.3) is 0 Å². The monoisotopic (exact) mass is 446 g/mol. The summed E-state index contributed by atoms with van der Waals surface area (Å²) in [4.78, 5) is 8.94. The number of benzene rings is 1. The average Bonchev–Trinajstić information content (AvgIpc) is 3.22. The van der Waals surface area contributed by atoms with Crippen LogP contribution in [0.4, 0.5) is 0 Å². The number of pyridine rings is 1. The summed E-state index contributed by atoms with van der Waals surface area (Å²) in [5.74, 6) is 3.00. The van der Waals surface area contributed by atoms with Gasteiger partial charge in [-0.3, -0.25) is 9.98 Å². The van der Waals surface area contributed by atoms with E-state index in [0.29, 0.717) is 5.75 Å². The van der Waals surface area contributed by atoms with Crippen molar-refractivity contribution in [1.29, 1.82) is 0 Å². The maximum atomic E-state index is 6.10. The molecular formula is C23H24Cl2N2O3. The molecule has 0 aliphatic carbocycles. The van der Waals surface area contributed by atoms with Gasteiger partial charge >= 0.3 is 0 Å². The Morgan fingerprint density at radius 1 is 1.03 bits per heavy atom. The van der Waals surface area contributed by atoms with Crippen molar-refractivity contribution < 1.29 is 13.9 Å². The summed E-state index contributed by atoms with van der Waals surface area (Å²) in [7, 11) is 3.28. The molecule has 3 heterocycles. The quantitative estimate of drug-likeness (QED) is 0.491. The van der Waals surface area contributed by atoms with Gasteiger partial charge < -0.3 is 13.9 Å². The molecule has 0 saturated carbocycles. The minimum atomic E-state index is 0. The molecule has 3 aromatic rings. The predicted octanol–water partition coefficient (Wildman–Crippen LogP) is 5.87. The molecule has 30 heavy (non-hydrogen) atoms. The van der Waals surface area contributed by atoms with Gasteiger partial charge in [0.1, 0.15) is 23.0 Å². The van der Waals surface area contributed by atoms with Crippen molar-refractivity contribution in [2.75, 3.05) is 20.8 Å². The molecule has 1 aliphatic rings. The van der Waals surface area contributed by atoms with E-state index in [9.17, 15) is 0 Å². The van der Waals surface area contributed by atoms with Gasteiger partial charge in [-0.15, -0.1) is 24.8 Å². The second-order valence-corrected chi connectivity index (χ2v) is 6.51. The second kappa shape index (κ2) is 10.9. The zero-order valence-corrected chi connectivity index (χ0v) is 18.5. The highest BCUT2D eigenvalue weighted by Crippen LogP contribution is 2.35. The van der Waals surface area contributed by atoms with Crippen LogP contribution in [0.15, 0.2) is 69.8 Å². The zero-order valence-electron chi connectivity index (χ0n) is 16.8. The first kappa shape index (κ1) is 23.5. The first-order valence-corrected chi connectivity index (χ1v) is 9.26. The first-order chi connectivity index (χ1) is 13.8. The standard InChI is InChI=1S/C23H22N2O3.2ClH/c1-26-18-7-9-20(22(14-18)27-2)21-10-8-19(28-21)13-16-5-4-12-25-23(16)17-6-3-11-24-15-17;;/h3,6-11,13-15H,4-5,12H2,1-2H3;2*1H. The van der Waals surface area contributed by atoms with Gasteiger partial charge in [0.2, 0.25) is 0 Å². The number of aliphatic imine (C=N–C) groups is 1. The summed E-state index contributed by atoms with van der Waals surface area (Å²) in [6, 6.07) is 13.6. The Hall–Kier alpha value is -2.76. The van der Waals surface area contributed by atoms with Gasteiger partial charge in [0.05, 0.1) is 25.5 Å². The largest absolute Gasteiger partial charge is 0.497 e. The van der Waals surface area contributed by atoms with E-state index in [1.807, 2.05) is 48.7 Å². The number of rotatable bonds is 5. The number of nitrogens with zero attached hydrogens (tertiary/aromatic N) is 2. The number of ether oxygens (including phenoxy) is 2. The Morgan fingerprint density at radius 2 is 1.90 bits per heavy atom. The molecule has 0 amide bonds. The summed E-state index contributed by atoms with van der Waals surface area (Å²) >= 11 is 0. The molecule has 0 saturated heterocycles. The van der Waals surface area contributed by atoms with E-state index in [0.717, 1.165) is 53.5 Å². The third kappa shape index (κ3) is 5.04. The molecule has 0 atom stereocenters. The third-order valence-electron chi connectivity index (χ3n) is 4.73. The fourth-order valence-electron chi connectivity index (χ4n) is 3.35. The number of aromatic nitrogens is 1. The molecule has 0 bridgehead atoms. The Balaban J connectivity index is 0.00000160. The smallest absolute Gasteiger partial charge is 0.138 e. The molecular weight excluding hydrogens is 423 g/mol.